The van der Waals surface area contributed by atoms with E-state index in [4.69, 9.17) is 5.32 Å². The van der Waals surface area contributed by atoms with Gasteiger partial charge in [-0.05, 0) is 50.2 Å². The smallest absolute Gasteiger partial charge is 0.0469 e. The fourth-order valence-electron chi connectivity index (χ4n) is 3.79. The second kappa shape index (κ2) is 5.11. The van der Waals surface area contributed by atoms with Gasteiger partial charge >= 0.3 is 0 Å². The molecule has 0 amide bonds. The van der Waals surface area contributed by atoms with Gasteiger partial charge in [-0.1, -0.05) is 39.0 Å². The van der Waals surface area contributed by atoms with Gasteiger partial charge in [0.05, 0.1) is 0 Å². The molecule has 0 saturated heterocycles. The van der Waals surface area contributed by atoms with Crippen molar-refractivity contribution in [2.24, 2.45) is 5.41 Å². The molecule has 1 heteroatoms. The number of allylic oxidation sites excluding steroid dienone is 4. The standard InChI is InChI=1S/C17H26N/c1-17(11-7-3-2-4-8-12-17)16-13-14-9-5-6-10-15(14)18-16/h13H,2-12H2,1H3. The van der Waals surface area contributed by atoms with Gasteiger partial charge in [-0.15, -0.1) is 0 Å². The molecule has 1 aliphatic heterocycles. The van der Waals surface area contributed by atoms with Crippen molar-refractivity contribution in [1.82, 2.24) is 5.32 Å². The molecule has 1 saturated carbocycles. The Morgan fingerprint density at radius 3 is 2.28 bits per heavy atom. The summed E-state index contributed by atoms with van der Waals surface area (Å²) in [4.78, 5) is 0. The van der Waals surface area contributed by atoms with Crippen LogP contribution in [0.2, 0.25) is 0 Å². The summed E-state index contributed by atoms with van der Waals surface area (Å²) in [5, 5.41) is 5.02. The Hall–Kier alpha value is -0.720. The van der Waals surface area contributed by atoms with Crippen LogP contribution < -0.4 is 5.32 Å². The van der Waals surface area contributed by atoms with E-state index in [9.17, 15) is 0 Å². The maximum Gasteiger partial charge on any atom is 0.0469 e. The van der Waals surface area contributed by atoms with Crippen LogP contribution in [0.3, 0.4) is 0 Å². The third-order valence-electron chi connectivity index (χ3n) is 5.12. The zero-order chi connectivity index (χ0) is 12.4. The summed E-state index contributed by atoms with van der Waals surface area (Å²) in [5.41, 5.74) is 4.80. The van der Waals surface area contributed by atoms with Gasteiger partial charge in [0.25, 0.3) is 0 Å². The van der Waals surface area contributed by atoms with Crippen LogP contribution in [0.25, 0.3) is 0 Å². The molecule has 1 fully saturated rings. The maximum atomic E-state index is 5.02. The summed E-state index contributed by atoms with van der Waals surface area (Å²) in [6, 6.07) is 0. The van der Waals surface area contributed by atoms with Crippen LogP contribution in [0.5, 0.6) is 0 Å². The normalized spacial score (nSPS) is 27.9. The minimum atomic E-state index is 0.373. The van der Waals surface area contributed by atoms with Crippen molar-refractivity contribution >= 4 is 0 Å². The quantitative estimate of drug-likeness (QED) is 0.611. The molecule has 0 aromatic heterocycles. The van der Waals surface area contributed by atoms with Crippen LogP contribution in [0, 0.1) is 5.41 Å². The molecule has 0 spiro atoms. The molecule has 1 nitrogen and oxygen atoms in total. The predicted octanol–water partition coefficient (Wildman–Crippen LogP) is 5.07. The van der Waals surface area contributed by atoms with E-state index < -0.39 is 0 Å². The Bertz CT molecular complexity index is 367. The molecule has 3 rings (SSSR count). The fraction of sp³-hybridized carbons (Fsp3) is 0.765. The lowest BCUT2D eigenvalue weighted by molar-refractivity contribution is 0.278. The molecule has 2 aliphatic carbocycles. The van der Waals surface area contributed by atoms with Gasteiger partial charge in [-0.2, -0.15) is 0 Å². The van der Waals surface area contributed by atoms with E-state index in [1.807, 2.05) is 0 Å². The van der Waals surface area contributed by atoms with Crippen molar-refractivity contribution in [3.8, 4) is 0 Å². The van der Waals surface area contributed by atoms with Gasteiger partial charge < -0.3 is 0 Å². The fourth-order valence-corrected chi connectivity index (χ4v) is 3.79. The first-order chi connectivity index (χ1) is 8.78. The van der Waals surface area contributed by atoms with Crippen LogP contribution in [-0.4, -0.2) is 0 Å². The van der Waals surface area contributed by atoms with E-state index in [1.165, 1.54) is 82.0 Å². The Morgan fingerprint density at radius 2 is 1.56 bits per heavy atom. The van der Waals surface area contributed by atoms with Crippen LogP contribution in [-0.2, 0) is 0 Å². The monoisotopic (exact) mass is 244 g/mol. The van der Waals surface area contributed by atoms with Crippen LogP contribution in [0.15, 0.2) is 23.0 Å². The first-order valence-electron chi connectivity index (χ1n) is 7.94. The maximum absolute atomic E-state index is 5.02. The Labute approximate surface area is 112 Å². The molecule has 1 radical (unpaired) electrons. The third kappa shape index (κ3) is 2.37. The van der Waals surface area contributed by atoms with Gasteiger partial charge in [0.15, 0.2) is 0 Å². The lowest BCUT2D eigenvalue weighted by atomic mass is 9.75. The Balaban J connectivity index is 1.74. The zero-order valence-corrected chi connectivity index (χ0v) is 11.8. The Kier molecular flexibility index (Phi) is 3.50. The topological polar surface area (TPSA) is 14.1 Å². The number of rotatable bonds is 1. The average Bonchev–Trinajstić information content (AvgIpc) is 2.78. The summed E-state index contributed by atoms with van der Waals surface area (Å²) in [7, 11) is 0. The molecule has 0 atom stereocenters. The van der Waals surface area contributed by atoms with Crippen LogP contribution in [0.4, 0.5) is 0 Å². The lowest BCUT2D eigenvalue weighted by Crippen LogP contribution is -2.24. The van der Waals surface area contributed by atoms with Crippen molar-refractivity contribution in [3.63, 3.8) is 0 Å². The van der Waals surface area contributed by atoms with Gasteiger partial charge in [0.1, 0.15) is 0 Å². The molecule has 99 valence electrons. The minimum Gasteiger partial charge on any atom is -0.257 e. The van der Waals surface area contributed by atoms with Gasteiger partial charge in [-0.3, -0.25) is 5.32 Å². The van der Waals surface area contributed by atoms with Crippen molar-refractivity contribution in [2.45, 2.75) is 77.6 Å². The summed E-state index contributed by atoms with van der Waals surface area (Å²) in [5.74, 6) is 0. The molecule has 0 bridgehead atoms. The summed E-state index contributed by atoms with van der Waals surface area (Å²) in [6.07, 6.45) is 17.5. The lowest BCUT2D eigenvalue weighted by Gasteiger charge is -2.32. The minimum absolute atomic E-state index is 0.373. The number of hydrogen-bond acceptors (Lipinski definition) is 0. The largest absolute Gasteiger partial charge is 0.257 e. The molecule has 0 aromatic rings. The van der Waals surface area contributed by atoms with Crippen molar-refractivity contribution in [2.75, 3.05) is 0 Å². The molecular formula is C17H26N. The molecule has 18 heavy (non-hydrogen) atoms. The van der Waals surface area contributed by atoms with Crippen molar-refractivity contribution in [3.05, 3.63) is 23.0 Å². The van der Waals surface area contributed by atoms with E-state index in [1.54, 1.807) is 5.57 Å². The third-order valence-corrected chi connectivity index (χ3v) is 5.12. The molecule has 0 unspecified atom stereocenters. The molecule has 3 aliphatic rings. The first-order valence-corrected chi connectivity index (χ1v) is 7.94. The molecular weight excluding hydrogens is 218 g/mol. The van der Waals surface area contributed by atoms with E-state index in [2.05, 4.69) is 13.0 Å². The highest BCUT2D eigenvalue weighted by Crippen LogP contribution is 2.44. The highest BCUT2D eigenvalue weighted by atomic mass is 14.9. The second-order valence-electron chi connectivity index (χ2n) is 6.65. The number of hydrogen-bond donors (Lipinski definition) is 0. The second-order valence-corrected chi connectivity index (χ2v) is 6.65. The van der Waals surface area contributed by atoms with Gasteiger partial charge in [-0.25, -0.2) is 0 Å². The highest BCUT2D eigenvalue weighted by molar-refractivity contribution is 5.40. The predicted molar refractivity (Wildman–Crippen MR) is 76.1 cm³/mol. The zero-order valence-electron chi connectivity index (χ0n) is 11.8. The van der Waals surface area contributed by atoms with Crippen molar-refractivity contribution < 1.29 is 0 Å². The number of nitrogens with zero attached hydrogens (tertiary/aromatic N) is 1. The summed E-state index contributed by atoms with van der Waals surface area (Å²) >= 11 is 0. The van der Waals surface area contributed by atoms with E-state index in [0.717, 1.165) is 0 Å². The summed E-state index contributed by atoms with van der Waals surface area (Å²) in [6.45, 7) is 2.46. The first kappa shape index (κ1) is 12.3. The van der Waals surface area contributed by atoms with Crippen molar-refractivity contribution in [1.29, 1.82) is 0 Å². The molecule has 0 N–H and O–H groups in total. The molecule has 1 heterocycles. The van der Waals surface area contributed by atoms with Gasteiger partial charge in [0, 0.05) is 16.8 Å². The molecule has 0 aromatic carbocycles. The summed E-state index contributed by atoms with van der Waals surface area (Å²) < 4.78 is 0. The van der Waals surface area contributed by atoms with Gasteiger partial charge in [0.2, 0.25) is 0 Å². The van der Waals surface area contributed by atoms with E-state index in [0.29, 0.717) is 5.41 Å². The SMILES string of the molecule is CC1(C2=CC3=C(CCCC3)[N]2)CCCCCCC1. The highest BCUT2D eigenvalue weighted by Gasteiger charge is 2.34. The van der Waals surface area contributed by atoms with Crippen LogP contribution in [0.1, 0.15) is 77.6 Å². The van der Waals surface area contributed by atoms with Crippen LogP contribution >= 0.6 is 0 Å². The average molecular weight is 244 g/mol. The van der Waals surface area contributed by atoms with E-state index in [-0.39, 0.29) is 0 Å². The van der Waals surface area contributed by atoms with E-state index >= 15 is 0 Å². The Morgan fingerprint density at radius 1 is 0.889 bits per heavy atom.